The number of aromatic nitrogens is 3. The zero-order chi connectivity index (χ0) is 33.4. The van der Waals surface area contributed by atoms with Gasteiger partial charge in [0, 0.05) is 43.9 Å². The van der Waals surface area contributed by atoms with Gasteiger partial charge in [0.05, 0.1) is 32.8 Å². The standard InChI is InChI=1S/C36H42Cl2N6O4/c1-41-14-8-25(9-15-41)26-10-16-42(17-11-26)36(13-19-45)21-27(12-18-43(36)35(47)48-23-24-6-7-29(37)30(38)20-24)44-32-22-39-31-5-3-2-4-28(31)33(32)40-34(44)46/h2-7,19-20,22,25-27H,8-18,21,23H2,1H3,(H,40,46)/t27-,36+/m1/s1. The number of halogens is 2. The van der Waals surface area contributed by atoms with Crippen LogP contribution in [-0.2, 0) is 16.1 Å². The third kappa shape index (κ3) is 6.24. The first-order valence-corrected chi connectivity index (χ1v) is 17.8. The second kappa shape index (κ2) is 13.8. The van der Waals surface area contributed by atoms with Gasteiger partial charge in [0.2, 0.25) is 0 Å². The highest BCUT2D eigenvalue weighted by atomic mass is 35.5. The van der Waals surface area contributed by atoms with Gasteiger partial charge < -0.3 is 19.4 Å². The third-order valence-electron chi connectivity index (χ3n) is 11.1. The van der Waals surface area contributed by atoms with Gasteiger partial charge in [-0.15, -0.1) is 0 Å². The number of aromatic amines is 1. The Kier molecular flexibility index (Phi) is 9.52. The van der Waals surface area contributed by atoms with Gasteiger partial charge in [0.1, 0.15) is 18.6 Å². The summed E-state index contributed by atoms with van der Waals surface area (Å²) in [5.41, 5.74) is 1.82. The molecule has 2 atom stereocenters. The summed E-state index contributed by atoms with van der Waals surface area (Å²) < 4.78 is 7.69. The number of pyridine rings is 1. The van der Waals surface area contributed by atoms with Crippen LogP contribution in [0.3, 0.4) is 0 Å². The SMILES string of the molecule is CN1CCC(C2CCN([C@]3(CC=O)C[C@H](n4c(=O)[nH]c5c6ccccc6ncc54)CCN3C(=O)OCc3ccc(Cl)c(Cl)c3)CC2)CC1. The molecule has 254 valence electrons. The molecular weight excluding hydrogens is 651 g/mol. The molecule has 4 aromatic rings. The predicted octanol–water partition coefficient (Wildman–Crippen LogP) is 6.50. The fraction of sp³-hybridized carbons (Fsp3) is 0.500. The van der Waals surface area contributed by atoms with E-state index in [1.165, 1.54) is 12.8 Å². The molecule has 3 fully saturated rings. The van der Waals surface area contributed by atoms with Gasteiger partial charge >= 0.3 is 11.8 Å². The van der Waals surface area contributed by atoms with Crippen molar-refractivity contribution in [3.05, 3.63) is 74.8 Å². The number of piperidine rings is 3. The van der Waals surface area contributed by atoms with Crippen LogP contribution in [0.5, 0.6) is 0 Å². The molecule has 1 N–H and O–H groups in total. The number of nitrogens with one attached hydrogen (secondary N) is 1. The van der Waals surface area contributed by atoms with Crippen molar-refractivity contribution in [3.63, 3.8) is 0 Å². The molecule has 5 heterocycles. The van der Waals surface area contributed by atoms with Crippen LogP contribution in [-0.4, -0.2) is 87.0 Å². The van der Waals surface area contributed by atoms with Crippen molar-refractivity contribution in [1.29, 1.82) is 0 Å². The number of amides is 1. The second-order valence-electron chi connectivity index (χ2n) is 13.8. The van der Waals surface area contributed by atoms with Crippen molar-refractivity contribution in [1.82, 2.24) is 29.2 Å². The van der Waals surface area contributed by atoms with Crippen molar-refractivity contribution in [2.24, 2.45) is 11.8 Å². The molecule has 3 aliphatic rings. The van der Waals surface area contributed by atoms with Gasteiger partial charge in [-0.1, -0.05) is 47.5 Å². The number of hydrogen-bond donors (Lipinski definition) is 1. The maximum Gasteiger partial charge on any atom is 0.411 e. The lowest BCUT2D eigenvalue weighted by molar-refractivity contribution is -0.127. The monoisotopic (exact) mass is 692 g/mol. The first-order chi connectivity index (χ1) is 23.3. The van der Waals surface area contributed by atoms with Crippen LogP contribution in [0.1, 0.15) is 56.6 Å². The topological polar surface area (TPSA) is 104 Å². The van der Waals surface area contributed by atoms with Crippen LogP contribution in [0.15, 0.2) is 53.5 Å². The molecule has 12 heteroatoms. The first-order valence-electron chi connectivity index (χ1n) is 17.0. The molecule has 0 saturated carbocycles. The molecule has 10 nitrogen and oxygen atoms in total. The van der Waals surface area contributed by atoms with Crippen LogP contribution >= 0.6 is 23.2 Å². The maximum atomic E-state index is 14.0. The Morgan fingerprint density at radius 1 is 1.00 bits per heavy atom. The van der Waals surface area contributed by atoms with Crippen molar-refractivity contribution in [2.45, 2.75) is 63.3 Å². The zero-order valence-electron chi connectivity index (χ0n) is 27.2. The molecule has 2 aromatic heterocycles. The smallest absolute Gasteiger partial charge is 0.411 e. The highest BCUT2D eigenvalue weighted by Gasteiger charge is 2.51. The number of ether oxygens (including phenoxy) is 1. The van der Waals surface area contributed by atoms with Gasteiger partial charge in [-0.3, -0.25) is 19.4 Å². The number of rotatable bonds is 7. The molecule has 48 heavy (non-hydrogen) atoms. The van der Waals surface area contributed by atoms with E-state index in [2.05, 4.69) is 26.8 Å². The molecule has 7 rings (SSSR count). The minimum Gasteiger partial charge on any atom is -0.444 e. The lowest BCUT2D eigenvalue weighted by Crippen LogP contribution is -2.67. The fourth-order valence-electron chi connectivity index (χ4n) is 8.54. The predicted molar refractivity (Wildman–Crippen MR) is 187 cm³/mol. The number of likely N-dealkylation sites (tertiary alicyclic amines) is 3. The summed E-state index contributed by atoms with van der Waals surface area (Å²) in [5, 5.41) is 1.70. The normalized spacial score (nSPS) is 23.6. The van der Waals surface area contributed by atoms with Crippen molar-refractivity contribution in [3.8, 4) is 0 Å². The Morgan fingerprint density at radius 2 is 1.73 bits per heavy atom. The molecule has 0 radical (unpaired) electrons. The quantitative estimate of drug-likeness (QED) is 0.221. The molecule has 0 aliphatic carbocycles. The van der Waals surface area contributed by atoms with Gasteiger partial charge in [0.25, 0.3) is 0 Å². The lowest BCUT2D eigenvalue weighted by atomic mass is 9.77. The summed E-state index contributed by atoms with van der Waals surface area (Å²) in [6.45, 7) is 4.14. The number of nitrogens with zero attached hydrogens (tertiary/aromatic N) is 5. The Balaban J connectivity index is 1.20. The first kappa shape index (κ1) is 33.1. The Morgan fingerprint density at radius 3 is 2.46 bits per heavy atom. The summed E-state index contributed by atoms with van der Waals surface area (Å²) >= 11 is 12.3. The number of fused-ring (bicyclic) bond motifs is 3. The molecule has 1 amide bonds. The summed E-state index contributed by atoms with van der Waals surface area (Å²) in [7, 11) is 2.19. The number of carbonyl (C=O) groups is 2. The molecule has 2 aromatic carbocycles. The Hall–Kier alpha value is -3.44. The summed E-state index contributed by atoms with van der Waals surface area (Å²) in [4.78, 5) is 54.5. The summed E-state index contributed by atoms with van der Waals surface area (Å²) in [6.07, 6.45) is 7.66. The molecule has 0 unspecified atom stereocenters. The maximum absolute atomic E-state index is 14.0. The largest absolute Gasteiger partial charge is 0.444 e. The van der Waals surface area contributed by atoms with E-state index in [9.17, 15) is 14.4 Å². The minimum atomic E-state index is -0.954. The van der Waals surface area contributed by atoms with Gasteiger partial charge in [0.15, 0.2) is 0 Å². The van der Waals surface area contributed by atoms with E-state index in [1.54, 1.807) is 33.9 Å². The van der Waals surface area contributed by atoms with Crippen LogP contribution in [0.4, 0.5) is 4.79 Å². The molecule has 3 saturated heterocycles. The Labute approximate surface area is 289 Å². The molecule has 3 aliphatic heterocycles. The number of aldehydes is 1. The van der Waals surface area contributed by atoms with Gasteiger partial charge in [-0.2, -0.15) is 0 Å². The fourth-order valence-corrected chi connectivity index (χ4v) is 8.86. The van der Waals surface area contributed by atoms with Crippen molar-refractivity contribution < 1.29 is 14.3 Å². The van der Waals surface area contributed by atoms with E-state index < -0.39 is 11.8 Å². The van der Waals surface area contributed by atoms with Crippen molar-refractivity contribution >= 4 is 57.5 Å². The minimum absolute atomic E-state index is 0.0195. The van der Waals surface area contributed by atoms with E-state index in [0.717, 1.165) is 72.8 Å². The second-order valence-corrected chi connectivity index (χ2v) is 14.6. The van der Waals surface area contributed by atoms with Crippen LogP contribution in [0, 0.1) is 11.8 Å². The summed E-state index contributed by atoms with van der Waals surface area (Å²) in [6, 6.07) is 12.6. The molecule has 0 spiro atoms. The number of benzene rings is 2. The van der Waals surface area contributed by atoms with Crippen LogP contribution in [0.2, 0.25) is 10.0 Å². The highest BCUT2D eigenvalue weighted by Crippen LogP contribution is 2.43. The molecular formula is C36H42Cl2N6O4. The van der Waals surface area contributed by atoms with Gasteiger partial charge in [-0.25, -0.2) is 9.59 Å². The number of hydrogen-bond acceptors (Lipinski definition) is 7. The van der Waals surface area contributed by atoms with E-state index in [4.69, 9.17) is 27.9 Å². The zero-order valence-corrected chi connectivity index (χ0v) is 28.8. The van der Waals surface area contributed by atoms with E-state index >= 15 is 0 Å². The van der Waals surface area contributed by atoms with E-state index in [1.807, 2.05) is 24.3 Å². The van der Waals surface area contributed by atoms with Crippen LogP contribution < -0.4 is 5.69 Å². The van der Waals surface area contributed by atoms with Crippen molar-refractivity contribution in [2.75, 3.05) is 39.8 Å². The van der Waals surface area contributed by atoms with E-state index in [0.29, 0.717) is 41.3 Å². The number of carbonyl (C=O) groups excluding carboxylic acids is 2. The number of para-hydroxylation sites is 1. The van der Waals surface area contributed by atoms with Crippen LogP contribution in [0.25, 0.3) is 21.9 Å². The van der Waals surface area contributed by atoms with Gasteiger partial charge in [-0.05, 0) is 87.8 Å². The lowest BCUT2D eigenvalue weighted by Gasteiger charge is -2.56. The highest BCUT2D eigenvalue weighted by molar-refractivity contribution is 6.42. The average Bonchev–Trinajstić information content (AvgIpc) is 3.45. The number of H-pyrrole nitrogens is 1. The number of imidazole rings is 1. The third-order valence-corrected chi connectivity index (χ3v) is 11.9. The Bertz CT molecular complexity index is 1860. The summed E-state index contributed by atoms with van der Waals surface area (Å²) in [5.74, 6) is 1.32. The average molecular weight is 694 g/mol. The van der Waals surface area contributed by atoms with E-state index in [-0.39, 0.29) is 24.8 Å². The molecule has 0 bridgehead atoms.